The number of esters is 1. The van der Waals surface area contributed by atoms with Gasteiger partial charge in [-0.05, 0) is 6.92 Å². The number of benzene rings is 1. The monoisotopic (exact) mass is 228 g/mol. The highest BCUT2D eigenvalue weighted by Crippen LogP contribution is 2.15. The van der Waals surface area contributed by atoms with Gasteiger partial charge < -0.3 is 4.74 Å². The highest BCUT2D eigenvalue weighted by atomic mass is 19.1. The van der Waals surface area contributed by atoms with Crippen LogP contribution >= 0.6 is 0 Å². The van der Waals surface area contributed by atoms with Crippen molar-refractivity contribution in [1.29, 1.82) is 0 Å². The Morgan fingerprint density at radius 1 is 1.31 bits per heavy atom. The molecule has 0 fully saturated rings. The summed E-state index contributed by atoms with van der Waals surface area (Å²) in [6.45, 7) is 1.25. The Bertz CT molecular complexity index is 449. The van der Waals surface area contributed by atoms with Crippen LogP contribution in [0, 0.1) is 29.3 Å². The molecule has 0 radical (unpaired) electrons. The summed E-state index contributed by atoms with van der Waals surface area (Å²) in [6.07, 6.45) is 0. The summed E-state index contributed by atoms with van der Waals surface area (Å²) in [7, 11) is 0. The zero-order chi connectivity index (χ0) is 12.1. The predicted molar refractivity (Wildman–Crippen MR) is 50.0 cm³/mol. The number of halogens is 3. The van der Waals surface area contributed by atoms with E-state index in [1.807, 2.05) is 0 Å². The van der Waals surface area contributed by atoms with Crippen LogP contribution in [-0.2, 0) is 4.74 Å². The van der Waals surface area contributed by atoms with Crippen molar-refractivity contribution in [2.45, 2.75) is 6.92 Å². The molecule has 0 saturated carbocycles. The van der Waals surface area contributed by atoms with Gasteiger partial charge in [-0.2, -0.15) is 0 Å². The first kappa shape index (κ1) is 12.1. The van der Waals surface area contributed by atoms with E-state index in [4.69, 9.17) is 0 Å². The molecule has 0 heterocycles. The summed E-state index contributed by atoms with van der Waals surface area (Å²) in [5, 5.41) is 0. The highest BCUT2D eigenvalue weighted by molar-refractivity contribution is 5.90. The van der Waals surface area contributed by atoms with Gasteiger partial charge in [-0.3, -0.25) is 0 Å². The lowest BCUT2D eigenvalue weighted by Gasteiger charge is -2.03. The average molecular weight is 228 g/mol. The van der Waals surface area contributed by atoms with E-state index in [0.29, 0.717) is 12.1 Å². The number of hydrogen-bond acceptors (Lipinski definition) is 2. The van der Waals surface area contributed by atoms with Crippen LogP contribution in [0.25, 0.3) is 0 Å². The molecule has 0 aliphatic rings. The van der Waals surface area contributed by atoms with E-state index < -0.39 is 29.0 Å². The normalized spacial score (nSPS) is 9.25. The molecule has 0 aromatic heterocycles. The number of carbonyl (C=O) groups is 1. The van der Waals surface area contributed by atoms with E-state index in [-0.39, 0.29) is 6.61 Å². The van der Waals surface area contributed by atoms with E-state index in [1.54, 1.807) is 0 Å². The van der Waals surface area contributed by atoms with Crippen LogP contribution in [0.15, 0.2) is 12.1 Å². The second-order valence-corrected chi connectivity index (χ2v) is 2.75. The molecule has 0 N–H and O–H groups in total. The van der Waals surface area contributed by atoms with Gasteiger partial charge in [0.1, 0.15) is 23.0 Å². The molecule has 0 bridgehead atoms. The van der Waals surface area contributed by atoms with Crippen LogP contribution < -0.4 is 0 Å². The second-order valence-electron chi connectivity index (χ2n) is 2.75. The van der Waals surface area contributed by atoms with Gasteiger partial charge in [-0.25, -0.2) is 18.0 Å². The van der Waals surface area contributed by atoms with E-state index in [1.165, 1.54) is 6.92 Å². The molecule has 0 aliphatic heterocycles. The van der Waals surface area contributed by atoms with Gasteiger partial charge in [-0.1, -0.05) is 5.92 Å². The maximum absolute atomic E-state index is 13.1. The smallest absolute Gasteiger partial charge is 0.345 e. The zero-order valence-corrected chi connectivity index (χ0v) is 8.31. The van der Waals surface area contributed by atoms with Crippen LogP contribution in [0.2, 0.25) is 0 Å². The molecular formula is C11H7F3O2. The van der Waals surface area contributed by atoms with Crippen molar-refractivity contribution in [3.63, 3.8) is 0 Å². The van der Waals surface area contributed by atoms with Crippen LogP contribution in [0.3, 0.4) is 0 Å². The Labute approximate surface area is 90.0 Å². The molecule has 0 unspecified atom stereocenters. The lowest BCUT2D eigenvalue weighted by molar-refractivity contribution is 0.0545. The fourth-order valence-electron chi connectivity index (χ4n) is 0.983. The molecule has 1 aromatic rings. The van der Waals surface area contributed by atoms with Gasteiger partial charge in [0.15, 0.2) is 6.61 Å². The fraction of sp³-hybridized carbons (Fsp3) is 0.182. The molecule has 5 heteroatoms. The zero-order valence-electron chi connectivity index (χ0n) is 8.31. The van der Waals surface area contributed by atoms with Crippen LogP contribution in [0.1, 0.15) is 17.3 Å². The number of hydrogen-bond donors (Lipinski definition) is 0. The molecular weight excluding hydrogens is 221 g/mol. The Morgan fingerprint density at radius 3 is 2.38 bits per heavy atom. The molecule has 0 saturated heterocycles. The van der Waals surface area contributed by atoms with Gasteiger partial charge in [0, 0.05) is 12.1 Å². The van der Waals surface area contributed by atoms with E-state index >= 15 is 0 Å². The molecule has 0 amide bonds. The van der Waals surface area contributed by atoms with E-state index in [9.17, 15) is 18.0 Å². The molecule has 1 rings (SSSR count). The average Bonchev–Trinajstić information content (AvgIpc) is 2.16. The fourth-order valence-corrected chi connectivity index (χ4v) is 0.983. The topological polar surface area (TPSA) is 26.3 Å². The molecule has 1 aromatic carbocycles. The minimum atomic E-state index is -1.30. The quantitative estimate of drug-likeness (QED) is 0.573. The van der Waals surface area contributed by atoms with Crippen molar-refractivity contribution in [3.05, 3.63) is 35.1 Å². The molecule has 0 atom stereocenters. The van der Waals surface area contributed by atoms with Crippen LogP contribution in [-0.4, -0.2) is 12.6 Å². The molecule has 0 spiro atoms. The minimum Gasteiger partial charge on any atom is -0.449 e. The third-order valence-electron chi connectivity index (χ3n) is 1.66. The van der Waals surface area contributed by atoms with Gasteiger partial charge >= 0.3 is 5.97 Å². The summed E-state index contributed by atoms with van der Waals surface area (Å²) in [4.78, 5) is 11.2. The standard InChI is InChI=1S/C11H7F3O2/c1-2-3-4-16-11(15)10-8(13)5-7(12)6-9(10)14/h5-6H,4H2,1H3. The van der Waals surface area contributed by atoms with Crippen molar-refractivity contribution in [2.75, 3.05) is 6.61 Å². The van der Waals surface area contributed by atoms with Gasteiger partial charge in [0.05, 0.1) is 0 Å². The minimum absolute atomic E-state index is 0.272. The lowest BCUT2D eigenvalue weighted by Crippen LogP contribution is -2.11. The third-order valence-corrected chi connectivity index (χ3v) is 1.66. The SMILES string of the molecule is CC#CCOC(=O)c1c(F)cc(F)cc1F. The molecule has 16 heavy (non-hydrogen) atoms. The summed E-state index contributed by atoms with van der Waals surface area (Å²) in [5.74, 6) is -0.0806. The van der Waals surface area contributed by atoms with Crippen LogP contribution in [0.5, 0.6) is 0 Å². The number of ether oxygens (including phenoxy) is 1. The maximum atomic E-state index is 13.1. The lowest BCUT2D eigenvalue weighted by atomic mass is 10.2. The Morgan fingerprint density at radius 2 is 1.88 bits per heavy atom. The third kappa shape index (κ3) is 2.76. The Kier molecular flexibility index (Phi) is 3.95. The van der Waals surface area contributed by atoms with Crippen molar-refractivity contribution < 1.29 is 22.7 Å². The predicted octanol–water partition coefficient (Wildman–Crippen LogP) is 2.28. The van der Waals surface area contributed by atoms with Crippen molar-refractivity contribution >= 4 is 5.97 Å². The maximum Gasteiger partial charge on any atom is 0.345 e. The van der Waals surface area contributed by atoms with Gasteiger partial charge in [0.25, 0.3) is 0 Å². The first-order valence-electron chi connectivity index (χ1n) is 4.27. The van der Waals surface area contributed by atoms with Crippen molar-refractivity contribution in [2.24, 2.45) is 0 Å². The first-order valence-corrected chi connectivity index (χ1v) is 4.27. The highest BCUT2D eigenvalue weighted by Gasteiger charge is 2.19. The van der Waals surface area contributed by atoms with E-state index in [2.05, 4.69) is 16.6 Å². The van der Waals surface area contributed by atoms with Crippen LogP contribution in [0.4, 0.5) is 13.2 Å². The van der Waals surface area contributed by atoms with Gasteiger partial charge in [0.2, 0.25) is 0 Å². The first-order chi connectivity index (χ1) is 7.56. The molecule has 84 valence electrons. The Hall–Kier alpha value is -1.96. The van der Waals surface area contributed by atoms with Crippen molar-refractivity contribution in [1.82, 2.24) is 0 Å². The largest absolute Gasteiger partial charge is 0.449 e. The summed E-state index contributed by atoms with van der Waals surface area (Å²) in [5.41, 5.74) is -0.917. The van der Waals surface area contributed by atoms with Gasteiger partial charge in [-0.15, -0.1) is 5.92 Å². The summed E-state index contributed by atoms with van der Waals surface area (Å²) < 4.78 is 43.1. The number of carbonyl (C=O) groups excluding carboxylic acids is 1. The van der Waals surface area contributed by atoms with Crippen molar-refractivity contribution in [3.8, 4) is 11.8 Å². The molecule has 0 aliphatic carbocycles. The summed E-state index contributed by atoms with van der Waals surface area (Å²) >= 11 is 0. The van der Waals surface area contributed by atoms with E-state index in [0.717, 1.165) is 0 Å². The Balaban J connectivity index is 2.94. The second kappa shape index (κ2) is 5.21. The summed E-state index contributed by atoms with van der Waals surface area (Å²) in [6, 6.07) is 0.816. The molecule has 2 nitrogen and oxygen atoms in total. The number of rotatable bonds is 2.